The smallest absolute Gasteiger partial charge is 0.323 e. The number of benzene rings is 1. The van der Waals surface area contributed by atoms with E-state index < -0.39 is 5.97 Å². The first kappa shape index (κ1) is 17.7. The molecular weight excluding hydrogens is 297 g/mol. The highest BCUT2D eigenvalue weighted by molar-refractivity contribution is 5.73. The minimum atomic E-state index is -0.972. The Kier molecular flexibility index (Phi) is 5.96. The molecule has 0 unspecified atom stereocenters. The van der Waals surface area contributed by atoms with E-state index in [1.54, 1.807) is 19.2 Å². The standard InChI is InChI=1S/C17H26FN3O2/c1-19-8-6-14(7-9-19)20(2)11-13-4-5-15(18)16(10-13)21(3)12-17(22)23/h4-5,10,14H,6-9,11-12H2,1-3H3,(H,22,23). The fraction of sp³-hybridized carbons (Fsp3) is 0.588. The molecule has 0 aliphatic carbocycles. The number of likely N-dealkylation sites (N-methyl/N-ethyl adjacent to an activating group) is 1. The summed E-state index contributed by atoms with van der Waals surface area (Å²) in [4.78, 5) is 16.9. The molecule has 1 saturated heterocycles. The van der Waals surface area contributed by atoms with Crippen LogP contribution in [-0.2, 0) is 11.3 Å². The van der Waals surface area contributed by atoms with E-state index in [9.17, 15) is 9.18 Å². The largest absolute Gasteiger partial charge is 0.480 e. The van der Waals surface area contributed by atoms with Gasteiger partial charge in [-0.1, -0.05) is 6.07 Å². The van der Waals surface area contributed by atoms with Gasteiger partial charge in [0, 0.05) is 19.6 Å². The maximum absolute atomic E-state index is 14.0. The molecule has 23 heavy (non-hydrogen) atoms. The molecule has 1 aromatic rings. The van der Waals surface area contributed by atoms with Crippen molar-refractivity contribution >= 4 is 11.7 Å². The Morgan fingerprint density at radius 3 is 2.61 bits per heavy atom. The van der Waals surface area contributed by atoms with Gasteiger partial charge in [0.1, 0.15) is 12.4 Å². The molecule has 1 aliphatic rings. The van der Waals surface area contributed by atoms with Crippen LogP contribution in [-0.4, -0.2) is 67.7 Å². The van der Waals surface area contributed by atoms with Crippen molar-refractivity contribution in [2.75, 3.05) is 45.7 Å². The van der Waals surface area contributed by atoms with Crippen molar-refractivity contribution in [2.45, 2.75) is 25.4 Å². The van der Waals surface area contributed by atoms with Crippen LogP contribution >= 0.6 is 0 Å². The first-order chi connectivity index (χ1) is 10.9. The van der Waals surface area contributed by atoms with E-state index in [1.165, 1.54) is 11.0 Å². The first-order valence-corrected chi connectivity index (χ1v) is 7.97. The van der Waals surface area contributed by atoms with Crippen LogP contribution < -0.4 is 4.90 Å². The summed E-state index contributed by atoms with van der Waals surface area (Å²) in [6.07, 6.45) is 2.28. The van der Waals surface area contributed by atoms with E-state index in [0.29, 0.717) is 11.7 Å². The number of carbonyl (C=O) groups is 1. The van der Waals surface area contributed by atoms with Crippen molar-refractivity contribution in [1.82, 2.24) is 9.80 Å². The zero-order chi connectivity index (χ0) is 17.0. The number of aliphatic carboxylic acids is 1. The van der Waals surface area contributed by atoms with Crippen LogP contribution in [0.1, 0.15) is 18.4 Å². The number of carboxylic acids is 1. The van der Waals surface area contributed by atoms with Crippen LogP contribution in [0.4, 0.5) is 10.1 Å². The molecule has 1 heterocycles. The molecule has 0 atom stereocenters. The molecule has 1 N–H and O–H groups in total. The Morgan fingerprint density at radius 2 is 2.00 bits per heavy atom. The van der Waals surface area contributed by atoms with Gasteiger partial charge >= 0.3 is 5.97 Å². The van der Waals surface area contributed by atoms with Gasteiger partial charge in [0.05, 0.1) is 5.69 Å². The van der Waals surface area contributed by atoms with E-state index in [4.69, 9.17) is 5.11 Å². The second kappa shape index (κ2) is 7.75. The van der Waals surface area contributed by atoms with Crippen molar-refractivity contribution in [3.8, 4) is 0 Å². The van der Waals surface area contributed by atoms with E-state index in [-0.39, 0.29) is 12.4 Å². The zero-order valence-corrected chi connectivity index (χ0v) is 14.1. The van der Waals surface area contributed by atoms with Gasteiger partial charge in [-0.3, -0.25) is 9.69 Å². The van der Waals surface area contributed by atoms with Gasteiger partial charge in [-0.15, -0.1) is 0 Å². The Morgan fingerprint density at radius 1 is 1.35 bits per heavy atom. The summed E-state index contributed by atoms with van der Waals surface area (Å²) in [5, 5.41) is 8.87. The summed E-state index contributed by atoms with van der Waals surface area (Å²) in [6, 6.07) is 5.49. The Balaban J connectivity index is 2.04. The number of carboxylic acid groups (broad SMARTS) is 1. The highest BCUT2D eigenvalue weighted by Crippen LogP contribution is 2.22. The summed E-state index contributed by atoms with van der Waals surface area (Å²) < 4.78 is 14.0. The average Bonchev–Trinajstić information content (AvgIpc) is 2.49. The molecule has 1 fully saturated rings. The summed E-state index contributed by atoms with van der Waals surface area (Å²) >= 11 is 0. The number of rotatable bonds is 6. The molecule has 0 saturated carbocycles. The third-order valence-electron chi connectivity index (χ3n) is 4.54. The molecule has 1 aromatic carbocycles. The number of hydrogen-bond acceptors (Lipinski definition) is 4. The minimum Gasteiger partial charge on any atom is -0.480 e. The second-order valence-corrected chi connectivity index (χ2v) is 6.49. The second-order valence-electron chi connectivity index (χ2n) is 6.49. The lowest BCUT2D eigenvalue weighted by molar-refractivity contribution is -0.135. The van der Waals surface area contributed by atoms with Crippen molar-refractivity contribution < 1.29 is 14.3 Å². The predicted molar refractivity (Wildman–Crippen MR) is 89.3 cm³/mol. The minimum absolute atomic E-state index is 0.217. The Labute approximate surface area is 137 Å². The van der Waals surface area contributed by atoms with Crippen LogP contribution in [0.2, 0.25) is 0 Å². The lowest BCUT2D eigenvalue weighted by atomic mass is 10.0. The van der Waals surface area contributed by atoms with Crippen LogP contribution in [0.3, 0.4) is 0 Å². The van der Waals surface area contributed by atoms with E-state index in [0.717, 1.165) is 38.0 Å². The molecule has 128 valence electrons. The van der Waals surface area contributed by atoms with Crippen LogP contribution in [0.5, 0.6) is 0 Å². The molecule has 0 amide bonds. The molecule has 6 heteroatoms. The number of hydrogen-bond donors (Lipinski definition) is 1. The lowest BCUT2D eigenvalue weighted by Gasteiger charge is -2.35. The summed E-state index contributed by atoms with van der Waals surface area (Å²) in [6.45, 7) is 2.73. The van der Waals surface area contributed by atoms with Gasteiger partial charge in [-0.2, -0.15) is 0 Å². The third-order valence-corrected chi connectivity index (χ3v) is 4.54. The van der Waals surface area contributed by atoms with Gasteiger partial charge in [-0.25, -0.2) is 4.39 Å². The Hall–Kier alpha value is -1.66. The van der Waals surface area contributed by atoms with Crippen molar-refractivity contribution in [3.05, 3.63) is 29.6 Å². The summed E-state index contributed by atoms with van der Waals surface area (Å²) in [7, 11) is 5.83. The highest BCUT2D eigenvalue weighted by Gasteiger charge is 2.21. The van der Waals surface area contributed by atoms with Crippen LogP contribution in [0.15, 0.2) is 18.2 Å². The summed E-state index contributed by atoms with van der Waals surface area (Å²) in [5.74, 6) is -1.36. The van der Waals surface area contributed by atoms with E-state index in [1.807, 2.05) is 0 Å². The first-order valence-electron chi connectivity index (χ1n) is 7.97. The fourth-order valence-corrected chi connectivity index (χ4v) is 3.09. The lowest BCUT2D eigenvalue weighted by Crippen LogP contribution is -2.41. The quantitative estimate of drug-likeness (QED) is 0.866. The van der Waals surface area contributed by atoms with Crippen molar-refractivity contribution in [1.29, 1.82) is 0 Å². The van der Waals surface area contributed by atoms with E-state index >= 15 is 0 Å². The normalized spacial score (nSPS) is 16.7. The monoisotopic (exact) mass is 323 g/mol. The van der Waals surface area contributed by atoms with Gasteiger partial charge in [-0.05, 0) is 57.7 Å². The topological polar surface area (TPSA) is 47.0 Å². The number of piperidine rings is 1. The molecule has 2 rings (SSSR count). The van der Waals surface area contributed by atoms with Gasteiger partial charge < -0.3 is 14.9 Å². The average molecular weight is 323 g/mol. The number of halogens is 1. The van der Waals surface area contributed by atoms with E-state index in [2.05, 4.69) is 23.9 Å². The Bertz CT molecular complexity index is 545. The third kappa shape index (κ3) is 4.91. The molecule has 5 nitrogen and oxygen atoms in total. The molecular formula is C17H26FN3O2. The number of anilines is 1. The molecule has 0 spiro atoms. The van der Waals surface area contributed by atoms with Crippen molar-refractivity contribution in [3.63, 3.8) is 0 Å². The SMILES string of the molecule is CN1CCC(N(C)Cc2ccc(F)c(N(C)CC(=O)O)c2)CC1. The van der Waals surface area contributed by atoms with Gasteiger partial charge in [0.2, 0.25) is 0 Å². The van der Waals surface area contributed by atoms with Crippen LogP contribution in [0.25, 0.3) is 0 Å². The van der Waals surface area contributed by atoms with Crippen LogP contribution in [0, 0.1) is 5.82 Å². The summed E-state index contributed by atoms with van der Waals surface area (Å²) in [5.41, 5.74) is 1.33. The molecule has 0 aromatic heterocycles. The maximum atomic E-state index is 14.0. The number of nitrogens with zero attached hydrogens (tertiary/aromatic N) is 3. The zero-order valence-electron chi connectivity index (χ0n) is 14.1. The molecule has 1 aliphatic heterocycles. The molecule has 0 bridgehead atoms. The number of likely N-dealkylation sites (tertiary alicyclic amines) is 1. The fourth-order valence-electron chi connectivity index (χ4n) is 3.09. The van der Waals surface area contributed by atoms with Gasteiger partial charge in [0.25, 0.3) is 0 Å². The highest BCUT2D eigenvalue weighted by atomic mass is 19.1. The maximum Gasteiger partial charge on any atom is 0.323 e. The van der Waals surface area contributed by atoms with Crippen molar-refractivity contribution in [2.24, 2.45) is 0 Å². The molecule has 0 radical (unpaired) electrons. The predicted octanol–water partition coefficient (Wildman–Crippen LogP) is 1.87. The van der Waals surface area contributed by atoms with Gasteiger partial charge in [0.15, 0.2) is 0 Å².